The number of amides is 6. The van der Waals surface area contributed by atoms with Crippen molar-refractivity contribution in [1.82, 2.24) is 45.0 Å². The number of likely N-dealkylation sites (N-methyl/N-ethyl adjacent to an activating group) is 1. The number of rotatable bonds is 26. The molecule has 0 saturated carbocycles. The first kappa shape index (κ1) is 67.2. The SMILES string of the molecule is CCNC(=O)C(CC(=O)O)NC(=O)C1CCCN1C(=O)C(CCCCNC(C)=O)NC(=O)C1CCCN1C(=O)CCSn1cc([C@H]2CC(O)[C@@H](COP(=O)(O)OP(=O)(O)OP(=O)(O)O)O2)c2nc(N)[nH]c(=O)c21.O=C=O.O=C=O. The predicted molar refractivity (Wildman–Crippen MR) is 262 cm³/mol. The van der Waals surface area contributed by atoms with Crippen LogP contribution >= 0.6 is 35.4 Å². The molecule has 79 heavy (non-hydrogen) atoms. The van der Waals surface area contributed by atoms with Crippen LogP contribution in [0.3, 0.4) is 0 Å². The third kappa shape index (κ3) is 21.2. The van der Waals surface area contributed by atoms with Gasteiger partial charge < -0.3 is 71.3 Å². The number of ether oxygens (including phenoxy) is 1. The molecule has 3 aliphatic rings. The Morgan fingerprint density at radius 1 is 0.911 bits per heavy atom. The van der Waals surface area contributed by atoms with Gasteiger partial charge in [-0.05, 0) is 63.8 Å². The molecule has 35 nitrogen and oxygen atoms in total. The largest absolute Gasteiger partial charge is 0.490 e. The fourth-order valence-electron chi connectivity index (χ4n) is 8.46. The number of aliphatic hydroxyl groups excluding tert-OH is 1. The van der Waals surface area contributed by atoms with Gasteiger partial charge in [-0.2, -0.15) is 27.8 Å². The number of carbonyl (C=O) groups excluding carboxylic acids is 10. The summed E-state index contributed by atoms with van der Waals surface area (Å²) in [4.78, 5) is 183. The molecule has 0 spiro atoms. The van der Waals surface area contributed by atoms with Gasteiger partial charge in [0, 0.05) is 63.5 Å². The van der Waals surface area contributed by atoms with Crippen LogP contribution in [0.5, 0.6) is 0 Å². The van der Waals surface area contributed by atoms with Crippen LogP contribution in [0.4, 0.5) is 5.95 Å². The van der Waals surface area contributed by atoms with Crippen LogP contribution in [0, 0.1) is 0 Å². The minimum Gasteiger partial charge on any atom is -0.481 e. The average Bonchev–Trinajstić information content (AvgIpc) is 4.16. The first-order chi connectivity index (χ1) is 37.0. The first-order valence-electron chi connectivity index (χ1n) is 23.6. The van der Waals surface area contributed by atoms with E-state index in [9.17, 15) is 72.1 Å². The van der Waals surface area contributed by atoms with Crippen molar-refractivity contribution >= 4 is 106 Å². The first-order valence-corrected chi connectivity index (χ1v) is 29.1. The van der Waals surface area contributed by atoms with Gasteiger partial charge >= 0.3 is 41.7 Å². The van der Waals surface area contributed by atoms with Gasteiger partial charge in [-0.3, -0.25) is 51.8 Å². The lowest BCUT2D eigenvalue weighted by atomic mass is 10.1. The van der Waals surface area contributed by atoms with E-state index in [1.165, 1.54) is 26.9 Å². The maximum Gasteiger partial charge on any atom is 0.490 e. The highest BCUT2D eigenvalue weighted by atomic mass is 32.2. The van der Waals surface area contributed by atoms with Crippen molar-refractivity contribution in [2.75, 3.05) is 44.3 Å². The van der Waals surface area contributed by atoms with E-state index in [0.717, 1.165) is 11.9 Å². The van der Waals surface area contributed by atoms with Gasteiger partial charge in [0.2, 0.25) is 41.4 Å². The van der Waals surface area contributed by atoms with Crippen molar-refractivity contribution in [3.63, 3.8) is 0 Å². The number of fused-ring (bicyclic) bond motifs is 1. The zero-order valence-corrected chi connectivity index (χ0v) is 45.5. The number of hydrogen-bond acceptors (Lipinski definition) is 23. The van der Waals surface area contributed by atoms with E-state index < -0.39 is 120 Å². The molecule has 2 aromatic heterocycles. The number of aromatic amines is 1. The van der Waals surface area contributed by atoms with Crippen LogP contribution in [-0.2, 0) is 84.3 Å². The topological polar surface area (TPSA) is 529 Å². The third-order valence-corrected chi connectivity index (χ3v) is 16.3. The summed E-state index contributed by atoms with van der Waals surface area (Å²) in [5, 5.41) is 30.5. The Kier molecular flexibility index (Phi) is 26.4. The molecule has 5 heterocycles. The number of nitrogens with one attached hydrogen (secondary N) is 5. The van der Waals surface area contributed by atoms with E-state index >= 15 is 0 Å². The Morgan fingerprint density at radius 2 is 1.51 bits per heavy atom. The molecule has 39 heteroatoms. The molecule has 440 valence electrons. The second-order valence-electron chi connectivity index (χ2n) is 17.2. The molecule has 3 saturated heterocycles. The van der Waals surface area contributed by atoms with Crippen LogP contribution < -0.4 is 32.6 Å². The highest BCUT2D eigenvalue weighted by molar-refractivity contribution is 7.98. The molecule has 0 radical (unpaired) electrons. The molecule has 5 rings (SSSR count). The second kappa shape index (κ2) is 31.1. The fourth-order valence-corrected chi connectivity index (χ4v) is 12.4. The lowest BCUT2D eigenvalue weighted by Crippen LogP contribution is -2.58. The van der Waals surface area contributed by atoms with Gasteiger partial charge in [0.1, 0.15) is 41.3 Å². The molecule has 9 atom stereocenters. The number of carbonyl (C=O) groups is 7. The molecule has 0 aliphatic carbocycles. The number of anilines is 1. The highest BCUT2D eigenvalue weighted by Gasteiger charge is 2.44. The van der Waals surface area contributed by atoms with Crippen LogP contribution in [0.15, 0.2) is 11.0 Å². The minimum atomic E-state index is -5.83. The van der Waals surface area contributed by atoms with Gasteiger partial charge in [0.25, 0.3) is 5.56 Å². The summed E-state index contributed by atoms with van der Waals surface area (Å²) in [6.07, 6.45) is -0.927. The Labute approximate surface area is 450 Å². The quantitative estimate of drug-likeness (QED) is 0.0340. The zero-order chi connectivity index (χ0) is 59.4. The van der Waals surface area contributed by atoms with Crippen molar-refractivity contribution in [2.45, 2.75) is 121 Å². The van der Waals surface area contributed by atoms with Gasteiger partial charge in [-0.15, -0.1) is 0 Å². The van der Waals surface area contributed by atoms with Crippen LogP contribution in [0.25, 0.3) is 11.0 Å². The van der Waals surface area contributed by atoms with Crippen molar-refractivity contribution in [1.29, 1.82) is 0 Å². The van der Waals surface area contributed by atoms with Crippen LogP contribution in [0.2, 0.25) is 0 Å². The summed E-state index contributed by atoms with van der Waals surface area (Å²) in [5.74, 6) is -5.01. The van der Waals surface area contributed by atoms with Gasteiger partial charge in [0.05, 0.1) is 25.2 Å². The minimum absolute atomic E-state index is 0.0175. The van der Waals surface area contributed by atoms with Crippen molar-refractivity contribution in [3.8, 4) is 0 Å². The van der Waals surface area contributed by atoms with Gasteiger partial charge in [0.15, 0.2) is 0 Å². The molecule has 0 bridgehead atoms. The summed E-state index contributed by atoms with van der Waals surface area (Å²) in [5.41, 5.74) is 5.32. The number of hydrogen-bond donors (Lipinski definition) is 12. The Hall–Kier alpha value is -6.05. The molecule has 0 aromatic carbocycles. The molecular weight excluding hydrogens is 1150 g/mol. The number of carboxylic acid groups (broad SMARTS) is 1. The van der Waals surface area contributed by atoms with Crippen LogP contribution in [-0.4, -0.2) is 182 Å². The maximum absolute atomic E-state index is 14.2. The summed E-state index contributed by atoms with van der Waals surface area (Å²) >= 11 is 0.987. The lowest BCUT2D eigenvalue weighted by molar-refractivity contribution is -0.193. The molecule has 13 N–H and O–H groups in total. The second-order valence-corrected chi connectivity index (χ2v) is 22.7. The average molecular weight is 1200 g/mol. The highest BCUT2D eigenvalue weighted by Crippen LogP contribution is 2.66. The number of H-pyrrole nitrogens is 1. The number of aliphatic carboxylic acids is 1. The number of nitrogens with zero attached hydrogens (tertiary/aromatic N) is 4. The molecule has 7 unspecified atom stereocenters. The maximum atomic E-state index is 14.2. The monoisotopic (exact) mass is 1200 g/mol. The van der Waals surface area contributed by atoms with E-state index in [-0.39, 0.29) is 105 Å². The van der Waals surface area contributed by atoms with E-state index in [1.807, 2.05) is 0 Å². The van der Waals surface area contributed by atoms with Crippen LogP contribution in [0.1, 0.15) is 89.7 Å². The van der Waals surface area contributed by atoms with Crippen molar-refractivity contribution in [2.24, 2.45) is 0 Å². The van der Waals surface area contributed by atoms with Gasteiger partial charge in [-0.1, -0.05) is 0 Å². The molecule has 2 aromatic rings. The number of aliphatic hydroxyl groups is 1. The number of nitrogen functional groups attached to an aromatic ring is 1. The van der Waals surface area contributed by atoms with Gasteiger partial charge in [-0.25, -0.2) is 18.7 Å². The summed E-state index contributed by atoms with van der Waals surface area (Å²) in [6.45, 7) is 2.79. The third-order valence-electron chi connectivity index (χ3n) is 11.6. The smallest absolute Gasteiger partial charge is 0.481 e. The lowest BCUT2D eigenvalue weighted by Gasteiger charge is -2.31. The molecular formula is C40H59N10O25P3S. The number of unbranched alkanes of at least 4 members (excludes halogenated alkanes) is 1. The Morgan fingerprint density at radius 3 is 2.09 bits per heavy atom. The standard InChI is InChI=1S/C38H59N10O21P3S.2CO2/c1-3-40-33(54)23(16-30(52)53)43-35(56)25-10-7-14-47(25)37(58)22(8-4-5-12-41-20(2)49)42-34(55)24-9-6-13-46(24)29(51)11-15-73-48-18-21(31-32(48)36(57)45-38(39)44-31)27-17-26(50)28(67-27)19-66-71(62,63)69-72(64,65)68-70(59,60)61;2*2-1-3/h18,22-28,50H,3-17,19H2,1-2H3,(H,40,54)(H,41,49)(H,42,55)(H,43,56)(H,52,53)(H,62,63)(H,64,65)(H2,59,60,61)(H3,39,44,45,57);;/t22?,23?,24?,25?,26?,27-,28-;;/m1../s1. The summed E-state index contributed by atoms with van der Waals surface area (Å²) < 4.78 is 54.2. The number of nitrogens with two attached hydrogens (primary N) is 1. The zero-order valence-electron chi connectivity index (χ0n) is 42.0. The number of likely N-dealkylation sites (tertiary alicyclic amines) is 2. The summed E-state index contributed by atoms with van der Waals surface area (Å²) in [6, 6.07) is -4.67. The van der Waals surface area contributed by atoms with E-state index in [4.69, 9.17) is 39.4 Å². The van der Waals surface area contributed by atoms with E-state index in [2.05, 4.69) is 44.4 Å². The number of carboxylic acids is 1. The molecule has 6 amide bonds. The predicted octanol–water partition coefficient (Wildman–Crippen LogP) is -2.57. The van der Waals surface area contributed by atoms with E-state index in [0.29, 0.717) is 25.7 Å². The number of aromatic nitrogens is 3. The van der Waals surface area contributed by atoms with E-state index in [1.54, 1.807) is 6.92 Å². The number of phosphoric ester groups is 1. The fraction of sp³-hybridized carbons (Fsp3) is 0.625. The normalized spacial score (nSPS) is 21.0. The number of phosphoric acid groups is 3. The molecule has 3 fully saturated rings. The van der Waals surface area contributed by atoms with Crippen molar-refractivity contribution in [3.05, 3.63) is 22.1 Å². The summed E-state index contributed by atoms with van der Waals surface area (Å²) in [7, 11) is -17.0. The van der Waals surface area contributed by atoms with Crippen molar-refractivity contribution < 1.29 is 114 Å². The Balaban J connectivity index is 0.00000261. The Bertz CT molecular complexity index is 2790. The molecule has 3 aliphatic heterocycles.